The van der Waals surface area contributed by atoms with E-state index in [0.29, 0.717) is 17.5 Å². The maximum Gasteiger partial charge on any atom is 0.241 e. The lowest BCUT2D eigenvalue weighted by Gasteiger charge is -2.32. The molecule has 3 heterocycles. The highest BCUT2D eigenvalue weighted by Crippen LogP contribution is 2.31. The first kappa shape index (κ1) is 16.3. The molecule has 0 aliphatic carbocycles. The van der Waals surface area contributed by atoms with E-state index in [1.54, 1.807) is 4.90 Å². The number of fused-ring (bicyclic) bond motifs is 1. The Labute approximate surface area is 149 Å². The van der Waals surface area contributed by atoms with Gasteiger partial charge in [-0.15, -0.1) is 0 Å². The topological polar surface area (TPSA) is 82.8 Å². The number of amides is 1. The van der Waals surface area contributed by atoms with E-state index in [9.17, 15) is 4.79 Å². The van der Waals surface area contributed by atoms with Crippen LogP contribution in [0.3, 0.4) is 0 Å². The average molecular weight is 357 g/mol. The zero-order valence-corrected chi connectivity index (χ0v) is 14.8. The van der Waals surface area contributed by atoms with Gasteiger partial charge in [0.1, 0.15) is 11.9 Å². The van der Waals surface area contributed by atoms with Crippen molar-refractivity contribution in [2.24, 2.45) is 10.9 Å². The van der Waals surface area contributed by atoms with Gasteiger partial charge in [-0.05, 0) is 26.0 Å². The van der Waals surface area contributed by atoms with Crippen molar-refractivity contribution < 1.29 is 9.32 Å². The van der Waals surface area contributed by atoms with E-state index in [1.165, 1.54) is 11.8 Å². The normalized spacial score (nSPS) is 22.9. The van der Waals surface area contributed by atoms with Gasteiger partial charge < -0.3 is 4.52 Å². The maximum absolute atomic E-state index is 13.0. The van der Waals surface area contributed by atoms with Crippen molar-refractivity contribution in [1.82, 2.24) is 16.0 Å². The fourth-order valence-corrected chi connectivity index (χ4v) is 4.23. The first-order chi connectivity index (χ1) is 12.1. The molecule has 0 saturated carbocycles. The predicted molar refractivity (Wildman–Crippen MR) is 97.1 cm³/mol. The van der Waals surface area contributed by atoms with Crippen LogP contribution in [0.25, 0.3) is 0 Å². The van der Waals surface area contributed by atoms with Crippen LogP contribution in [0.2, 0.25) is 0 Å². The predicted octanol–water partition coefficient (Wildman–Crippen LogP) is 1.98. The highest BCUT2D eigenvalue weighted by molar-refractivity contribution is 8.13. The Morgan fingerprint density at radius 1 is 1.32 bits per heavy atom. The lowest BCUT2D eigenvalue weighted by atomic mass is 10.0. The van der Waals surface area contributed by atoms with E-state index in [-0.39, 0.29) is 18.0 Å². The summed E-state index contributed by atoms with van der Waals surface area (Å²) in [6, 6.07) is 9.65. The SMILES string of the molecule is Cc1noc(C)c1CSC1=NC2NNCC2C(=O)N1c1ccccc1. The molecule has 4 rings (SSSR count). The van der Waals surface area contributed by atoms with Crippen molar-refractivity contribution in [2.75, 3.05) is 11.4 Å². The van der Waals surface area contributed by atoms with Gasteiger partial charge in [-0.2, -0.15) is 0 Å². The summed E-state index contributed by atoms with van der Waals surface area (Å²) < 4.78 is 5.23. The number of benzene rings is 1. The zero-order chi connectivity index (χ0) is 17.4. The van der Waals surface area contributed by atoms with Gasteiger partial charge in [-0.1, -0.05) is 35.1 Å². The smallest absolute Gasteiger partial charge is 0.241 e. The molecule has 25 heavy (non-hydrogen) atoms. The molecule has 1 aromatic heterocycles. The van der Waals surface area contributed by atoms with Crippen LogP contribution in [0, 0.1) is 19.8 Å². The number of anilines is 1. The number of aromatic nitrogens is 1. The van der Waals surface area contributed by atoms with E-state index < -0.39 is 0 Å². The Morgan fingerprint density at radius 3 is 2.84 bits per heavy atom. The van der Waals surface area contributed by atoms with Crippen LogP contribution in [0.1, 0.15) is 17.0 Å². The molecular formula is C17H19N5O2S. The molecule has 2 atom stereocenters. The number of hydrogen-bond donors (Lipinski definition) is 2. The fraction of sp³-hybridized carbons (Fsp3) is 0.353. The van der Waals surface area contributed by atoms with Crippen molar-refractivity contribution in [1.29, 1.82) is 0 Å². The molecule has 8 heteroatoms. The summed E-state index contributed by atoms with van der Waals surface area (Å²) >= 11 is 1.53. The van der Waals surface area contributed by atoms with Crippen LogP contribution >= 0.6 is 11.8 Å². The molecule has 7 nitrogen and oxygen atoms in total. The standard InChI is InChI=1S/C17H19N5O2S/c1-10-14(11(2)24-21-10)9-25-17-19-15-13(8-18-20-15)16(23)22(17)12-6-4-3-5-7-12/h3-7,13,15,18,20H,8-9H2,1-2H3. The van der Waals surface area contributed by atoms with Crippen molar-refractivity contribution in [3.63, 3.8) is 0 Å². The Morgan fingerprint density at radius 2 is 2.12 bits per heavy atom. The van der Waals surface area contributed by atoms with Crippen LogP contribution in [-0.4, -0.2) is 28.9 Å². The molecule has 130 valence electrons. The molecule has 2 aliphatic rings. The summed E-state index contributed by atoms with van der Waals surface area (Å²) in [5, 5.41) is 4.68. The number of rotatable bonds is 3. The molecule has 2 aromatic rings. The third kappa shape index (κ3) is 2.97. The van der Waals surface area contributed by atoms with E-state index in [0.717, 1.165) is 22.7 Å². The average Bonchev–Trinajstić information content (AvgIpc) is 3.21. The second-order valence-corrected chi connectivity index (χ2v) is 7.03. The summed E-state index contributed by atoms with van der Waals surface area (Å²) in [6.45, 7) is 4.41. The van der Waals surface area contributed by atoms with E-state index >= 15 is 0 Å². The van der Waals surface area contributed by atoms with Crippen LogP contribution in [0.4, 0.5) is 5.69 Å². The number of carbonyl (C=O) groups excluding carboxylic acids is 1. The van der Waals surface area contributed by atoms with Crippen molar-refractivity contribution >= 4 is 28.5 Å². The molecule has 2 N–H and O–H groups in total. The van der Waals surface area contributed by atoms with Crippen molar-refractivity contribution in [3.8, 4) is 0 Å². The van der Waals surface area contributed by atoms with Crippen molar-refractivity contribution in [2.45, 2.75) is 25.8 Å². The summed E-state index contributed by atoms with van der Waals surface area (Å²) in [5.41, 5.74) is 8.87. The minimum absolute atomic E-state index is 0.0602. The second kappa shape index (κ2) is 6.62. The largest absolute Gasteiger partial charge is 0.361 e. The number of hydrogen-bond acceptors (Lipinski definition) is 7. The molecule has 0 radical (unpaired) electrons. The Kier molecular flexibility index (Phi) is 4.32. The van der Waals surface area contributed by atoms with Crippen LogP contribution in [0.5, 0.6) is 0 Å². The first-order valence-corrected chi connectivity index (χ1v) is 9.13. The van der Waals surface area contributed by atoms with Gasteiger partial charge in [-0.3, -0.25) is 15.1 Å². The minimum atomic E-state index is -0.223. The third-order valence-corrected chi connectivity index (χ3v) is 5.45. The summed E-state index contributed by atoms with van der Waals surface area (Å²) in [5.74, 6) is 1.33. The zero-order valence-electron chi connectivity index (χ0n) is 14.0. The summed E-state index contributed by atoms with van der Waals surface area (Å²) in [6.07, 6.45) is -0.223. The molecule has 0 bridgehead atoms. The fourth-order valence-electron chi connectivity index (χ4n) is 3.03. The summed E-state index contributed by atoms with van der Waals surface area (Å²) in [4.78, 5) is 19.5. The molecule has 1 amide bonds. The van der Waals surface area contributed by atoms with Gasteiger partial charge in [-0.25, -0.2) is 10.4 Å². The Balaban J connectivity index is 1.65. The van der Waals surface area contributed by atoms with Gasteiger partial charge >= 0.3 is 0 Å². The Bertz CT molecular complexity index is 800. The number of aryl methyl sites for hydroxylation is 2. The minimum Gasteiger partial charge on any atom is -0.361 e. The molecule has 0 spiro atoms. The molecule has 1 aromatic carbocycles. The van der Waals surface area contributed by atoms with E-state index in [1.807, 2.05) is 44.2 Å². The Hall–Kier alpha value is -2.16. The number of thioether (sulfide) groups is 1. The van der Waals surface area contributed by atoms with Gasteiger partial charge in [0, 0.05) is 17.9 Å². The lowest BCUT2D eigenvalue weighted by Crippen LogP contribution is -2.49. The van der Waals surface area contributed by atoms with Gasteiger partial charge in [0.15, 0.2) is 5.17 Å². The molecule has 1 fully saturated rings. The van der Waals surface area contributed by atoms with Gasteiger partial charge in [0.05, 0.1) is 17.3 Å². The molecule has 1 saturated heterocycles. The van der Waals surface area contributed by atoms with Crippen molar-refractivity contribution in [3.05, 3.63) is 47.3 Å². The maximum atomic E-state index is 13.0. The van der Waals surface area contributed by atoms with Crippen LogP contribution in [-0.2, 0) is 10.5 Å². The molecule has 2 unspecified atom stereocenters. The van der Waals surface area contributed by atoms with Crippen LogP contribution < -0.4 is 15.8 Å². The number of hydrazine groups is 1. The van der Waals surface area contributed by atoms with E-state index in [4.69, 9.17) is 9.52 Å². The number of aliphatic imine (C=N–C) groups is 1. The molecular weight excluding hydrogens is 338 g/mol. The second-order valence-electron chi connectivity index (χ2n) is 6.09. The first-order valence-electron chi connectivity index (χ1n) is 8.15. The number of para-hydroxylation sites is 1. The van der Waals surface area contributed by atoms with Crippen LogP contribution in [0.15, 0.2) is 39.8 Å². The number of amidine groups is 1. The highest BCUT2D eigenvalue weighted by Gasteiger charge is 2.42. The molecule has 2 aliphatic heterocycles. The highest BCUT2D eigenvalue weighted by atomic mass is 32.2. The van der Waals surface area contributed by atoms with Gasteiger partial charge in [0.25, 0.3) is 0 Å². The van der Waals surface area contributed by atoms with Gasteiger partial charge in [0.2, 0.25) is 5.91 Å². The number of carbonyl (C=O) groups is 1. The number of nitrogens with one attached hydrogen (secondary N) is 2. The lowest BCUT2D eigenvalue weighted by molar-refractivity contribution is -0.121. The summed E-state index contributed by atoms with van der Waals surface area (Å²) in [7, 11) is 0. The monoisotopic (exact) mass is 357 g/mol. The third-order valence-electron chi connectivity index (χ3n) is 4.47. The van der Waals surface area contributed by atoms with E-state index in [2.05, 4.69) is 16.0 Å². The number of nitrogens with zero attached hydrogens (tertiary/aromatic N) is 3. The quantitative estimate of drug-likeness (QED) is 0.874.